The molecule has 0 N–H and O–H groups in total. The maximum absolute atomic E-state index is 10.4. The molecule has 0 saturated heterocycles. The number of fused-ring (bicyclic) bond motifs is 1. The third kappa shape index (κ3) is 1.07. The van der Waals surface area contributed by atoms with E-state index in [1.54, 1.807) is 0 Å². The van der Waals surface area contributed by atoms with Crippen LogP contribution in [0.1, 0.15) is 21.8 Å². The standard InChI is InChI=1S/C7H7NO2S/c9-3-7-5-1-2-11-4-6(5)8-10-7/h3H,1-2,4H2. The van der Waals surface area contributed by atoms with Crippen LogP contribution in [0.3, 0.4) is 0 Å². The molecule has 0 aromatic carbocycles. The summed E-state index contributed by atoms with van der Waals surface area (Å²) in [6.45, 7) is 0. The number of nitrogens with zero attached hydrogens (tertiary/aromatic N) is 1. The Labute approximate surface area is 68.1 Å². The minimum absolute atomic E-state index is 0.417. The molecule has 0 spiro atoms. The van der Waals surface area contributed by atoms with E-state index < -0.39 is 0 Å². The molecule has 0 saturated carbocycles. The first-order chi connectivity index (χ1) is 5.42. The van der Waals surface area contributed by atoms with Gasteiger partial charge in [0.1, 0.15) is 0 Å². The average Bonchev–Trinajstić information content (AvgIpc) is 2.47. The maximum atomic E-state index is 10.4. The zero-order chi connectivity index (χ0) is 7.68. The van der Waals surface area contributed by atoms with Crippen molar-refractivity contribution in [2.45, 2.75) is 12.2 Å². The van der Waals surface area contributed by atoms with E-state index in [-0.39, 0.29) is 0 Å². The molecule has 1 aliphatic heterocycles. The minimum Gasteiger partial charge on any atom is -0.353 e. The van der Waals surface area contributed by atoms with E-state index in [1.165, 1.54) is 0 Å². The molecule has 1 aliphatic rings. The average molecular weight is 169 g/mol. The fourth-order valence-corrected chi connectivity index (χ4v) is 2.09. The molecule has 0 unspecified atom stereocenters. The van der Waals surface area contributed by atoms with Gasteiger partial charge >= 0.3 is 0 Å². The van der Waals surface area contributed by atoms with E-state index in [0.717, 1.165) is 35.5 Å². The Balaban J connectivity index is 2.45. The van der Waals surface area contributed by atoms with E-state index in [9.17, 15) is 4.79 Å². The number of thioether (sulfide) groups is 1. The Morgan fingerprint density at radius 1 is 1.64 bits per heavy atom. The van der Waals surface area contributed by atoms with Gasteiger partial charge in [-0.3, -0.25) is 4.79 Å². The van der Waals surface area contributed by atoms with Crippen LogP contribution in [-0.4, -0.2) is 17.2 Å². The van der Waals surface area contributed by atoms with Crippen molar-refractivity contribution in [3.05, 3.63) is 17.0 Å². The fraction of sp³-hybridized carbons (Fsp3) is 0.429. The summed E-state index contributed by atoms with van der Waals surface area (Å²) in [5.41, 5.74) is 1.96. The Kier molecular flexibility index (Phi) is 1.69. The van der Waals surface area contributed by atoms with E-state index in [4.69, 9.17) is 4.52 Å². The summed E-state index contributed by atoms with van der Waals surface area (Å²) >= 11 is 1.82. The van der Waals surface area contributed by atoms with Crippen LogP contribution in [0.25, 0.3) is 0 Å². The van der Waals surface area contributed by atoms with Gasteiger partial charge < -0.3 is 4.52 Å². The van der Waals surface area contributed by atoms with Crippen LogP contribution in [0, 0.1) is 0 Å². The van der Waals surface area contributed by atoms with Crippen molar-refractivity contribution in [3.8, 4) is 0 Å². The highest BCUT2D eigenvalue weighted by Crippen LogP contribution is 2.25. The predicted octanol–water partition coefficient (Wildman–Crippen LogP) is 1.28. The number of aromatic nitrogens is 1. The summed E-state index contributed by atoms with van der Waals surface area (Å²) in [5.74, 6) is 2.36. The Morgan fingerprint density at radius 3 is 3.36 bits per heavy atom. The summed E-state index contributed by atoms with van der Waals surface area (Å²) in [6.07, 6.45) is 1.65. The van der Waals surface area contributed by atoms with Gasteiger partial charge in [-0.1, -0.05) is 5.16 Å². The topological polar surface area (TPSA) is 43.1 Å². The van der Waals surface area contributed by atoms with Gasteiger partial charge in [-0.25, -0.2) is 0 Å². The molecule has 1 aromatic heterocycles. The molecule has 0 radical (unpaired) electrons. The highest BCUT2D eigenvalue weighted by Gasteiger charge is 2.18. The molecule has 2 heterocycles. The number of aldehydes is 1. The van der Waals surface area contributed by atoms with E-state index in [1.807, 2.05) is 11.8 Å². The lowest BCUT2D eigenvalue weighted by Gasteiger charge is -2.06. The van der Waals surface area contributed by atoms with Gasteiger partial charge in [0, 0.05) is 11.3 Å². The first-order valence-electron chi connectivity index (χ1n) is 3.42. The zero-order valence-electron chi connectivity index (χ0n) is 5.87. The minimum atomic E-state index is 0.417. The Bertz CT molecular complexity index is 282. The molecule has 3 nitrogen and oxygen atoms in total. The van der Waals surface area contributed by atoms with Gasteiger partial charge in [0.2, 0.25) is 5.76 Å². The SMILES string of the molecule is O=Cc1onc2c1CCSC2. The van der Waals surface area contributed by atoms with Crippen LogP contribution in [0.2, 0.25) is 0 Å². The summed E-state index contributed by atoms with van der Waals surface area (Å²) in [7, 11) is 0. The molecular weight excluding hydrogens is 162 g/mol. The number of carbonyl (C=O) groups excluding carboxylic acids is 1. The zero-order valence-corrected chi connectivity index (χ0v) is 6.69. The lowest BCUT2D eigenvalue weighted by molar-refractivity contribution is 0.109. The predicted molar refractivity (Wildman–Crippen MR) is 41.8 cm³/mol. The molecule has 1 aromatic rings. The summed E-state index contributed by atoms with van der Waals surface area (Å²) in [4.78, 5) is 10.4. The molecule has 58 valence electrons. The van der Waals surface area contributed by atoms with Crippen molar-refractivity contribution in [2.75, 3.05) is 5.75 Å². The second-order valence-corrected chi connectivity index (χ2v) is 3.50. The largest absolute Gasteiger partial charge is 0.353 e. The van der Waals surface area contributed by atoms with Crippen LogP contribution >= 0.6 is 11.8 Å². The molecule has 4 heteroatoms. The van der Waals surface area contributed by atoms with Gasteiger partial charge in [-0.05, 0) is 12.2 Å². The molecule has 0 fully saturated rings. The van der Waals surface area contributed by atoms with Crippen molar-refractivity contribution in [1.29, 1.82) is 0 Å². The molecule has 0 aliphatic carbocycles. The maximum Gasteiger partial charge on any atom is 0.202 e. The fourth-order valence-electron chi connectivity index (χ4n) is 1.17. The lowest BCUT2D eigenvalue weighted by atomic mass is 10.1. The lowest BCUT2D eigenvalue weighted by Crippen LogP contribution is -2.01. The van der Waals surface area contributed by atoms with Gasteiger partial charge in [0.05, 0.1) is 5.69 Å². The van der Waals surface area contributed by atoms with Crippen LogP contribution in [-0.2, 0) is 12.2 Å². The highest BCUT2D eigenvalue weighted by molar-refractivity contribution is 7.98. The summed E-state index contributed by atoms with van der Waals surface area (Å²) in [6, 6.07) is 0. The first kappa shape index (κ1) is 6.91. The van der Waals surface area contributed by atoms with Gasteiger partial charge in [-0.15, -0.1) is 0 Å². The molecule has 2 rings (SSSR count). The van der Waals surface area contributed by atoms with Gasteiger partial charge in [-0.2, -0.15) is 11.8 Å². The Hall–Kier alpha value is -0.770. The van der Waals surface area contributed by atoms with E-state index in [2.05, 4.69) is 5.16 Å². The number of carbonyl (C=O) groups is 1. The smallest absolute Gasteiger partial charge is 0.202 e. The normalized spacial score (nSPS) is 16.0. The second-order valence-electron chi connectivity index (χ2n) is 2.39. The Morgan fingerprint density at radius 2 is 2.55 bits per heavy atom. The van der Waals surface area contributed by atoms with Crippen LogP contribution in [0.5, 0.6) is 0 Å². The van der Waals surface area contributed by atoms with E-state index in [0.29, 0.717) is 5.76 Å². The van der Waals surface area contributed by atoms with Crippen LogP contribution < -0.4 is 0 Å². The summed E-state index contributed by atoms with van der Waals surface area (Å²) in [5, 5.41) is 3.80. The van der Waals surface area contributed by atoms with Crippen molar-refractivity contribution in [2.24, 2.45) is 0 Å². The number of rotatable bonds is 1. The van der Waals surface area contributed by atoms with E-state index >= 15 is 0 Å². The van der Waals surface area contributed by atoms with Crippen molar-refractivity contribution < 1.29 is 9.32 Å². The monoisotopic (exact) mass is 169 g/mol. The van der Waals surface area contributed by atoms with Crippen molar-refractivity contribution >= 4 is 18.0 Å². The quantitative estimate of drug-likeness (QED) is 0.594. The highest BCUT2D eigenvalue weighted by atomic mass is 32.2. The molecule has 0 amide bonds. The third-order valence-corrected chi connectivity index (χ3v) is 2.71. The van der Waals surface area contributed by atoms with Gasteiger partial charge in [0.25, 0.3) is 0 Å². The molecule has 11 heavy (non-hydrogen) atoms. The summed E-state index contributed by atoms with van der Waals surface area (Å²) < 4.78 is 4.84. The first-order valence-corrected chi connectivity index (χ1v) is 4.57. The van der Waals surface area contributed by atoms with Gasteiger partial charge in [0.15, 0.2) is 6.29 Å². The molecule has 0 bridgehead atoms. The van der Waals surface area contributed by atoms with Crippen LogP contribution in [0.4, 0.5) is 0 Å². The molecule has 0 atom stereocenters. The second kappa shape index (κ2) is 2.70. The third-order valence-electron chi connectivity index (χ3n) is 1.74. The van der Waals surface area contributed by atoms with Crippen molar-refractivity contribution in [3.63, 3.8) is 0 Å². The number of hydrogen-bond acceptors (Lipinski definition) is 4. The van der Waals surface area contributed by atoms with Crippen molar-refractivity contribution in [1.82, 2.24) is 5.16 Å². The number of hydrogen-bond donors (Lipinski definition) is 0. The van der Waals surface area contributed by atoms with Crippen LogP contribution in [0.15, 0.2) is 4.52 Å². The molecular formula is C7H7NO2S.